The van der Waals surface area contributed by atoms with Crippen LogP contribution in [0, 0.1) is 13.8 Å². The number of aliphatic hydroxyl groups excluding tert-OH is 3. The van der Waals surface area contributed by atoms with Crippen LogP contribution in [0.4, 0.5) is 0 Å². The number of aliphatic hydroxyl groups is 3. The van der Waals surface area contributed by atoms with Crippen molar-refractivity contribution in [2.45, 2.75) is 32.6 Å². The number of carbonyl (C=O) groups is 1. The second kappa shape index (κ2) is 6.99. The number of aromatic nitrogens is 4. The van der Waals surface area contributed by atoms with Crippen LogP contribution in [0.25, 0.3) is 22.6 Å². The highest BCUT2D eigenvalue weighted by atomic mass is 16.4. The van der Waals surface area contributed by atoms with Crippen LogP contribution in [-0.2, 0) is 11.3 Å². The highest BCUT2D eigenvalue weighted by molar-refractivity contribution is 5.87. The number of aromatic amines is 1. The van der Waals surface area contributed by atoms with Gasteiger partial charge in [0.25, 0.3) is 5.56 Å². The van der Waals surface area contributed by atoms with Crippen LogP contribution >= 0.6 is 0 Å². The Hall–Kier alpha value is -2.95. The summed E-state index contributed by atoms with van der Waals surface area (Å²) in [6.45, 7) is 2.43. The van der Waals surface area contributed by atoms with Gasteiger partial charge < -0.3 is 19.9 Å². The van der Waals surface area contributed by atoms with Crippen molar-refractivity contribution in [2.75, 3.05) is 6.61 Å². The Labute approximate surface area is 152 Å². The first-order valence-corrected chi connectivity index (χ1v) is 8.14. The summed E-state index contributed by atoms with van der Waals surface area (Å²) >= 11 is 0. The predicted molar refractivity (Wildman–Crippen MR) is 94.6 cm³/mol. The van der Waals surface area contributed by atoms with Gasteiger partial charge >= 0.3 is 5.69 Å². The van der Waals surface area contributed by atoms with Crippen LogP contribution in [0.5, 0.6) is 0 Å². The fourth-order valence-corrected chi connectivity index (χ4v) is 2.77. The SMILES string of the molecule is Cc1cc2nc3c(=O)[nH]c(=O)nc-3n(CC(=O)C(O)C(O)CO)c2cc1C. The molecule has 0 radical (unpaired) electrons. The molecule has 10 heteroatoms. The Morgan fingerprint density at radius 2 is 1.85 bits per heavy atom. The molecule has 2 aliphatic heterocycles. The van der Waals surface area contributed by atoms with Gasteiger partial charge in [-0.05, 0) is 37.1 Å². The predicted octanol–water partition coefficient (Wildman–Crippen LogP) is -1.52. The molecule has 0 saturated heterocycles. The summed E-state index contributed by atoms with van der Waals surface area (Å²) in [7, 11) is 0. The molecule has 3 rings (SSSR count). The van der Waals surface area contributed by atoms with Crippen molar-refractivity contribution >= 4 is 16.8 Å². The molecule has 2 aliphatic rings. The molecule has 0 aromatic heterocycles. The number of benzene rings is 1. The largest absolute Gasteiger partial charge is 0.394 e. The van der Waals surface area contributed by atoms with E-state index in [-0.39, 0.29) is 11.5 Å². The van der Waals surface area contributed by atoms with E-state index in [1.54, 1.807) is 12.1 Å². The number of carbonyl (C=O) groups excluding carboxylic acids is 1. The van der Waals surface area contributed by atoms with E-state index in [1.807, 2.05) is 18.8 Å². The van der Waals surface area contributed by atoms with E-state index < -0.39 is 42.4 Å². The van der Waals surface area contributed by atoms with Crippen molar-refractivity contribution in [3.63, 3.8) is 0 Å². The monoisotopic (exact) mass is 374 g/mol. The Balaban J connectivity index is 2.29. The molecule has 1 aromatic carbocycles. The average Bonchev–Trinajstić information content (AvgIpc) is 2.62. The minimum Gasteiger partial charge on any atom is -0.394 e. The number of fused-ring (bicyclic) bond motifs is 2. The van der Waals surface area contributed by atoms with Gasteiger partial charge in [-0.15, -0.1) is 0 Å². The van der Waals surface area contributed by atoms with Gasteiger partial charge in [0.1, 0.15) is 12.2 Å². The van der Waals surface area contributed by atoms with E-state index >= 15 is 0 Å². The lowest BCUT2D eigenvalue weighted by molar-refractivity contribution is -0.135. The molecule has 0 amide bonds. The molecule has 10 nitrogen and oxygen atoms in total. The van der Waals surface area contributed by atoms with E-state index in [4.69, 9.17) is 5.11 Å². The molecular formula is C17H18N4O6. The van der Waals surface area contributed by atoms with E-state index in [0.29, 0.717) is 11.0 Å². The van der Waals surface area contributed by atoms with Crippen molar-refractivity contribution in [2.24, 2.45) is 0 Å². The van der Waals surface area contributed by atoms with Crippen LogP contribution in [0.2, 0.25) is 0 Å². The van der Waals surface area contributed by atoms with Crippen molar-refractivity contribution in [1.29, 1.82) is 0 Å². The van der Waals surface area contributed by atoms with Crippen LogP contribution in [0.3, 0.4) is 0 Å². The average molecular weight is 374 g/mol. The fourth-order valence-electron chi connectivity index (χ4n) is 2.77. The number of ketones is 1. The number of hydrogen-bond donors (Lipinski definition) is 4. The van der Waals surface area contributed by atoms with Gasteiger partial charge in [-0.1, -0.05) is 0 Å². The molecule has 0 saturated carbocycles. The minimum absolute atomic E-state index is 0.112. The topological polar surface area (TPSA) is 158 Å². The number of hydrogen-bond acceptors (Lipinski definition) is 8. The summed E-state index contributed by atoms with van der Waals surface area (Å²) < 4.78 is 1.30. The zero-order chi connectivity index (χ0) is 19.9. The van der Waals surface area contributed by atoms with Crippen LogP contribution in [0.1, 0.15) is 11.1 Å². The summed E-state index contributed by atoms with van der Waals surface area (Å²) in [5.74, 6) is -0.929. The van der Waals surface area contributed by atoms with Crippen LogP contribution in [0.15, 0.2) is 21.7 Å². The summed E-state index contributed by atoms with van der Waals surface area (Å²) in [5.41, 5.74) is 0.858. The summed E-state index contributed by atoms with van der Waals surface area (Å²) in [6.07, 6.45) is -3.48. The second-order valence-corrected chi connectivity index (χ2v) is 6.33. The maximum atomic E-state index is 12.4. The second-order valence-electron chi connectivity index (χ2n) is 6.33. The van der Waals surface area contributed by atoms with Gasteiger partial charge in [-0.2, -0.15) is 4.98 Å². The first kappa shape index (κ1) is 18.8. The van der Waals surface area contributed by atoms with Crippen molar-refractivity contribution < 1.29 is 20.1 Å². The Bertz CT molecular complexity index is 1120. The summed E-state index contributed by atoms with van der Waals surface area (Å²) in [5, 5.41) is 28.3. The number of aryl methyl sites for hydroxylation is 2. The quantitative estimate of drug-likeness (QED) is 0.392. The smallest absolute Gasteiger partial charge is 0.349 e. The van der Waals surface area contributed by atoms with Crippen molar-refractivity contribution in [3.05, 3.63) is 44.1 Å². The third-order valence-corrected chi connectivity index (χ3v) is 4.42. The molecule has 2 unspecified atom stereocenters. The molecule has 0 spiro atoms. The van der Waals surface area contributed by atoms with Gasteiger partial charge in [0.05, 0.1) is 24.2 Å². The van der Waals surface area contributed by atoms with E-state index in [9.17, 15) is 24.6 Å². The first-order valence-electron chi connectivity index (χ1n) is 8.14. The van der Waals surface area contributed by atoms with Gasteiger partial charge in [0, 0.05) is 0 Å². The highest BCUT2D eigenvalue weighted by Crippen LogP contribution is 2.24. The Morgan fingerprint density at radius 1 is 1.19 bits per heavy atom. The summed E-state index contributed by atoms with van der Waals surface area (Å²) in [4.78, 5) is 46.2. The molecular weight excluding hydrogens is 356 g/mol. The molecule has 27 heavy (non-hydrogen) atoms. The highest BCUT2D eigenvalue weighted by Gasteiger charge is 2.27. The van der Waals surface area contributed by atoms with Crippen LogP contribution in [-0.4, -0.2) is 59.4 Å². The maximum absolute atomic E-state index is 12.4. The Kier molecular flexibility index (Phi) is 4.87. The minimum atomic E-state index is -1.83. The van der Waals surface area contributed by atoms with Crippen molar-refractivity contribution in [1.82, 2.24) is 19.5 Å². The van der Waals surface area contributed by atoms with Gasteiger partial charge in [-0.25, -0.2) is 9.78 Å². The van der Waals surface area contributed by atoms with E-state index in [2.05, 4.69) is 9.97 Å². The Morgan fingerprint density at radius 3 is 2.52 bits per heavy atom. The third kappa shape index (κ3) is 3.37. The van der Waals surface area contributed by atoms with Gasteiger partial charge in [-0.3, -0.25) is 14.6 Å². The molecule has 0 aliphatic carbocycles. The fraction of sp³-hybridized carbons (Fsp3) is 0.353. The summed E-state index contributed by atoms with van der Waals surface area (Å²) in [6, 6.07) is 3.46. The molecule has 2 atom stereocenters. The van der Waals surface area contributed by atoms with Crippen molar-refractivity contribution in [3.8, 4) is 11.5 Å². The number of H-pyrrole nitrogens is 1. The van der Waals surface area contributed by atoms with E-state index in [1.165, 1.54) is 4.57 Å². The van der Waals surface area contributed by atoms with E-state index in [0.717, 1.165) is 11.1 Å². The van der Waals surface area contributed by atoms with Crippen LogP contribution < -0.4 is 11.2 Å². The number of Topliss-reactive ketones (excluding diaryl/α,β-unsaturated/α-hetero) is 1. The number of nitrogens with one attached hydrogen (secondary N) is 1. The zero-order valence-corrected chi connectivity index (χ0v) is 14.6. The maximum Gasteiger partial charge on any atom is 0.349 e. The first-order chi connectivity index (χ1) is 12.7. The molecule has 142 valence electrons. The van der Waals surface area contributed by atoms with Gasteiger partial charge in [0.2, 0.25) is 0 Å². The molecule has 2 heterocycles. The molecule has 0 bridgehead atoms. The number of rotatable bonds is 5. The number of nitrogens with zero attached hydrogens (tertiary/aromatic N) is 3. The standard InChI is InChI=1S/C17H18N4O6/c1-7-3-9-10(4-8(7)2)21(5-11(23)14(25)12(24)6-22)15-13(18-9)16(26)20-17(27)19-15/h3-4,12,14,22,24-25H,5-6H2,1-2H3,(H,20,26,27). The molecule has 0 fully saturated rings. The molecule has 1 aromatic rings. The lowest BCUT2D eigenvalue weighted by Gasteiger charge is -2.20. The lowest BCUT2D eigenvalue weighted by atomic mass is 10.1. The lowest BCUT2D eigenvalue weighted by Crippen LogP contribution is -2.39. The molecule has 4 N–H and O–H groups in total. The third-order valence-electron chi connectivity index (χ3n) is 4.42. The normalized spacial score (nSPS) is 13.8. The zero-order valence-electron chi connectivity index (χ0n) is 14.6. The van der Waals surface area contributed by atoms with Gasteiger partial charge in [0.15, 0.2) is 17.3 Å².